The predicted molar refractivity (Wildman–Crippen MR) is 105 cm³/mol. The van der Waals surface area contributed by atoms with Crippen LogP contribution in [-0.4, -0.2) is 16.0 Å². The van der Waals surface area contributed by atoms with E-state index in [0.29, 0.717) is 4.91 Å². The van der Waals surface area contributed by atoms with Gasteiger partial charge in [-0.3, -0.25) is 14.5 Å². The third-order valence-corrected chi connectivity index (χ3v) is 6.02. The number of amides is 2. The van der Waals surface area contributed by atoms with Gasteiger partial charge in [0.05, 0.1) is 11.4 Å². The average Bonchev–Trinajstić information content (AvgIpc) is 2.79. The van der Waals surface area contributed by atoms with E-state index in [-0.39, 0.29) is 17.7 Å². The maximum Gasteiger partial charge on any atom is 0.293 e. The second kappa shape index (κ2) is 7.19. The van der Waals surface area contributed by atoms with Gasteiger partial charge in [-0.1, -0.05) is 52.3 Å². The molecule has 1 heterocycles. The number of nitrogens with zero attached hydrogens (tertiary/aromatic N) is 1. The van der Waals surface area contributed by atoms with Gasteiger partial charge in [-0.25, -0.2) is 0 Å². The number of thioether (sulfide) groups is 1. The fraction of sp³-hybridized carbons (Fsp3) is 0.0588. The highest BCUT2D eigenvalue weighted by Crippen LogP contribution is 2.34. The molecule has 0 aliphatic carbocycles. The van der Waals surface area contributed by atoms with E-state index in [4.69, 9.17) is 0 Å². The molecule has 23 heavy (non-hydrogen) atoms. The molecule has 116 valence electrons. The Labute approximate surface area is 160 Å². The molecule has 2 amide bonds. The van der Waals surface area contributed by atoms with E-state index < -0.39 is 0 Å². The minimum Gasteiger partial charge on any atom is -0.268 e. The second-order valence-corrected chi connectivity index (χ2v) is 7.89. The van der Waals surface area contributed by atoms with E-state index in [1.54, 1.807) is 6.08 Å². The molecule has 6 heteroatoms. The van der Waals surface area contributed by atoms with E-state index in [2.05, 4.69) is 38.5 Å². The Morgan fingerprint density at radius 3 is 2.52 bits per heavy atom. The van der Waals surface area contributed by atoms with Crippen LogP contribution < -0.4 is 0 Å². The smallest absolute Gasteiger partial charge is 0.268 e. The van der Waals surface area contributed by atoms with Crippen molar-refractivity contribution in [3.63, 3.8) is 0 Å². The highest BCUT2D eigenvalue weighted by atomic mass is 127. The Hall–Kier alpha value is -1.12. The number of rotatable bonds is 3. The first-order valence-corrected chi connectivity index (χ1v) is 9.48. The van der Waals surface area contributed by atoms with Gasteiger partial charge in [0.1, 0.15) is 0 Å². The fourth-order valence-corrected chi connectivity index (χ4v) is 3.95. The number of carbonyl (C=O) groups excluding carboxylic acids is 2. The SMILES string of the molecule is O=C1S/C(=C\c2ccccc2I)C(=O)N1Cc1ccccc1Br. The van der Waals surface area contributed by atoms with E-state index >= 15 is 0 Å². The molecular weight excluding hydrogens is 489 g/mol. The van der Waals surface area contributed by atoms with Gasteiger partial charge in [-0.15, -0.1) is 0 Å². The third kappa shape index (κ3) is 3.70. The Morgan fingerprint density at radius 1 is 1.09 bits per heavy atom. The van der Waals surface area contributed by atoms with Crippen LogP contribution in [0.1, 0.15) is 11.1 Å². The van der Waals surface area contributed by atoms with Crippen molar-refractivity contribution in [3.8, 4) is 0 Å². The summed E-state index contributed by atoms with van der Waals surface area (Å²) < 4.78 is 1.93. The minimum atomic E-state index is -0.240. The number of halogens is 2. The van der Waals surface area contributed by atoms with E-state index in [0.717, 1.165) is 30.9 Å². The molecule has 1 saturated heterocycles. The van der Waals surface area contributed by atoms with Gasteiger partial charge in [0, 0.05) is 8.04 Å². The summed E-state index contributed by atoms with van der Waals surface area (Å²) in [6, 6.07) is 15.4. The molecule has 2 aromatic rings. The molecule has 0 spiro atoms. The predicted octanol–water partition coefficient (Wildman–Crippen LogP) is 5.29. The zero-order valence-corrected chi connectivity index (χ0v) is 16.4. The van der Waals surface area contributed by atoms with Crippen molar-refractivity contribution in [2.75, 3.05) is 0 Å². The third-order valence-electron chi connectivity index (χ3n) is 3.35. The molecular formula is C17H11BrINO2S. The molecule has 3 rings (SSSR count). The number of hydrogen-bond acceptors (Lipinski definition) is 3. The Bertz CT molecular complexity index is 822. The van der Waals surface area contributed by atoms with Crippen LogP contribution in [0.4, 0.5) is 4.79 Å². The summed E-state index contributed by atoms with van der Waals surface area (Å²) in [5, 5.41) is -0.233. The summed E-state index contributed by atoms with van der Waals surface area (Å²) in [5.41, 5.74) is 1.85. The lowest BCUT2D eigenvalue weighted by molar-refractivity contribution is -0.123. The van der Waals surface area contributed by atoms with Crippen molar-refractivity contribution < 1.29 is 9.59 Å². The lowest BCUT2D eigenvalue weighted by Gasteiger charge is -2.13. The summed E-state index contributed by atoms with van der Waals surface area (Å²) in [6.07, 6.45) is 1.78. The highest BCUT2D eigenvalue weighted by Gasteiger charge is 2.35. The van der Waals surface area contributed by atoms with E-state index in [9.17, 15) is 9.59 Å². The average molecular weight is 500 g/mol. The molecule has 0 saturated carbocycles. The van der Waals surface area contributed by atoms with Crippen LogP contribution in [0.5, 0.6) is 0 Å². The maximum atomic E-state index is 12.5. The first kappa shape index (κ1) is 16.7. The van der Waals surface area contributed by atoms with Crippen molar-refractivity contribution in [1.29, 1.82) is 0 Å². The van der Waals surface area contributed by atoms with Crippen LogP contribution in [0.2, 0.25) is 0 Å². The summed E-state index contributed by atoms with van der Waals surface area (Å²) in [5.74, 6) is -0.240. The van der Waals surface area contributed by atoms with Crippen LogP contribution in [0.25, 0.3) is 6.08 Å². The quantitative estimate of drug-likeness (QED) is 0.425. The number of carbonyl (C=O) groups is 2. The maximum absolute atomic E-state index is 12.5. The van der Waals surface area contributed by atoms with Crippen molar-refractivity contribution in [2.45, 2.75) is 6.54 Å². The minimum absolute atomic E-state index is 0.233. The van der Waals surface area contributed by atoms with Gasteiger partial charge in [0.2, 0.25) is 0 Å². The summed E-state index contributed by atoms with van der Waals surface area (Å²) >= 11 is 6.66. The number of imide groups is 1. The van der Waals surface area contributed by atoms with Gasteiger partial charge in [0.15, 0.2) is 0 Å². The van der Waals surface area contributed by atoms with Gasteiger partial charge in [-0.05, 0) is 63.7 Å². The summed E-state index contributed by atoms with van der Waals surface area (Å²) in [4.78, 5) is 26.5. The molecule has 0 N–H and O–H groups in total. The molecule has 1 fully saturated rings. The van der Waals surface area contributed by atoms with E-state index in [1.807, 2.05) is 48.5 Å². The molecule has 2 aromatic carbocycles. The molecule has 1 aliphatic rings. The second-order valence-electron chi connectivity index (χ2n) is 4.88. The molecule has 0 atom stereocenters. The normalized spacial score (nSPS) is 16.4. The Morgan fingerprint density at radius 2 is 1.78 bits per heavy atom. The molecule has 0 radical (unpaired) electrons. The molecule has 1 aliphatic heterocycles. The van der Waals surface area contributed by atoms with Crippen molar-refractivity contribution in [3.05, 3.63) is 72.6 Å². The van der Waals surface area contributed by atoms with Crippen molar-refractivity contribution in [1.82, 2.24) is 4.90 Å². The molecule has 0 aromatic heterocycles. The number of benzene rings is 2. The molecule has 0 unspecified atom stereocenters. The van der Waals surface area contributed by atoms with Gasteiger partial charge >= 0.3 is 0 Å². The van der Waals surface area contributed by atoms with Gasteiger partial charge in [-0.2, -0.15) is 0 Å². The highest BCUT2D eigenvalue weighted by molar-refractivity contribution is 14.1. The largest absolute Gasteiger partial charge is 0.293 e. The fourth-order valence-electron chi connectivity index (χ4n) is 2.17. The lowest BCUT2D eigenvalue weighted by Crippen LogP contribution is -2.27. The van der Waals surface area contributed by atoms with Gasteiger partial charge < -0.3 is 0 Å². The van der Waals surface area contributed by atoms with Crippen LogP contribution in [-0.2, 0) is 11.3 Å². The lowest BCUT2D eigenvalue weighted by atomic mass is 10.2. The zero-order valence-electron chi connectivity index (χ0n) is 11.8. The summed E-state index contributed by atoms with van der Waals surface area (Å²) in [7, 11) is 0. The van der Waals surface area contributed by atoms with Crippen LogP contribution in [0.3, 0.4) is 0 Å². The molecule has 3 nitrogen and oxygen atoms in total. The Kier molecular flexibility index (Phi) is 5.23. The number of hydrogen-bond donors (Lipinski definition) is 0. The van der Waals surface area contributed by atoms with Crippen molar-refractivity contribution >= 4 is 67.5 Å². The Balaban J connectivity index is 1.86. The topological polar surface area (TPSA) is 37.4 Å². The molecule has 0 bridgehead atoms. The van der Waals surface area contributed by atoms with E-state index in [1.165, 1.54) is 4.90 Å². The summed E-state index contributed by atoms with van der Waals surface area (Å²) in [6.45, 7) is 0.273. The first-order chi connectivity index (χ1) is 11.1. The standard InChI is InChI=1S/C17H11BrINO2S/c18-13-7-3-1-6-12(13)10-20-16(21)15(23-17(20)22)9-11-5-2-4-8-14(11)19/h1-9H,10H2/b15-9-. The van der Waals surface area contributed by atoms with Crippen LogP contribution in [0.15, 0.2) is 57.9 Å². The van der Waals surface area contributed by atoms with Crippen LogP contribution in [0, 0.1) is 3.57 Å². The zero-order chi connectivity index (χ0) is 16.4. The monoisotopic (exact) mass is 499 g/mol. The van der Waals surface area contributed by atoms with Gasteiger partial charge in [0.25, 0.3) is 11.1 Å². The first-order valence-electron chi connectivity index (χ1n) is 6.79. The van der Waals surface area contributed by atoms with Crippen LogP contribution >= 0.6 is 50.3 Å². The van der Waals surface area contributed by atoms with Crippen molar-refractivity contribution in [2.24, 2.45) is 0 Å².